The number of methoxy groups -OCH3 is 1. The Morgan fingerprint density at radius 1 is 1.12 bits per heavy atom. The Morgan fingerprint density at radius 3 is 2.53 bits per heavy atom. The second-order valence-corrected chi connectivity index (χ2v) is 8.36. The van der Waals surface area contributed by atoms with E-state index in [4.69, 9.17) is 21.1 Å². The van der Waals surface area contributed by atoms with Crippen LogP contribution in [0.4, 0.5) is 5.69 Å². The first kappa shape index (κ1) is 23.9. The summed E-state index contributed by atoms with van der Waals surface area (Å²) in [6.45, 7) is 3.77. The van der Waals surface area contributed by atoms with Crippen molar-refractivity contribution in [2.24, 2.45) is 5.10 Å². The number of morpholine rings is 1. The highest BCUT2D eigenvalue weighted by atomic mass is 35.5. The van der Waals surface area contributed by atoms with Crippen molar-refractivity contribution < 1.29 is 19.1 Å². The van der Waals surface area contributed by atoms with Crippen LogP contribution < -0.4 is 10.3 Å². The number of nitrogens with zero attached hydrogens (tertiary/aromatic N) is 3. The van der Waals surface area contributed by atoms with Gasteiger partial charge >= 0.3 is 5.97 Å². The molecule has 2 aliphatic heterocycles. The van der Waals surface area contributed by atoms with Crippen molar-refractivity contribution in [1.82, 2.24) is 10.2 Å². The number of carbonyl (C=O) groups excluding carboxylic acids is 2. The fourth-order valence-electron chi connectivity index (χ4n) is 3.88. The van der Waals surface area contributed by atoms with Gasteiger partial charge in [0.25, 0.3) is 5.91 Å². The van der Waals surface area contributed by atoms with E-state index in [2.05, 4.69) is 15.3 Å². The van der Waals surface area contributed by atoms with Gasteiger partial charge in [0.2, 0.25) is 0 Å². The number of benzene rings is 2. The van der Waals surface area contributed by atoms with Crippen molar-refractivity contribution in [3.05, 3.63) is 76.5 Å². The molecule has 2 aromatic carbocycles. The molecule has 0 radical (unpaired) electrons. The monoisotopic (exact) mass is 482 g/mol. The maximum absolute atomic E-state index is 13.7. The summed E-state index contributed by atoms with van der Waals surface area (Å²) in [6, 6.07) is 16.9. The van der Waals surface area contributed by atoms with Gasteiger partial charge in [-0.25, -0.2) is 0 Å². The van der Waals surface area contributed by atoms with Gasteiger partial charge in [0.1, 0.15) is 0 Å². The Hall–Kier alpha value is -3.20. The van der Waals surface area contributed by atoms with E-state index in [-0.39, 0.29) is 12.3 Å². The second-order valence-electron chi connectivity index (χ2n) is 7.95. The second kappa shape index (κ2) is 11.3. The minimum atomic E-state index is -0.473. The highest BCUT2D eigenvalue weighted by Gasteiger charge is 2.36. The summed E-state index contributed by atoms with van der Waals surface area (Å²) >= 11 is 6.37. The van der Waals surface area contributed by atoms with Crippen molar-refractivity contribution >= 4 is 34.9 Å². The Morgan fingerprint density at radius 2 is 1.82 bits per heavy atom. The van der Waals surface area contributed by atoms with E-state index in [1.165, 1.54) is 12.1 Å². The number of halogens is 1. The molecule has 0 saturated carbocycles. The molecule has 1 amide bonds. The van der Waals surface area contributed by atoms with E-state index in [1.54, 1.807) is 24.3 Å². The maximum Gasteiger partial charge on any atom is 0.311 e. The predicted molar refractivity (Wildman–Crippen MR) is 131 cm³/mol. The summed E-state index contributed by atoms with van der Waals surface area (Å²) in [5.41, 5.74) is 2.95. The highest BCUT2D eigenvalue weighted by Crippen LogP contribution is 2.32. The number of para-hydroxylation sites is 1. The van der Waals surface area contributed by atoms with Gasteiger partial charge < -0.3 is 14.8 Å². The van der Waals surface area contributed by atoms with Crippen LogP contribution in [0.25, 0.3) is 0 Å². The molecular weight excluding hydrogens is 456 g/mol. The van der Waals surface area contributed by atoms with E-state index in [0.29, 0.717) is 54.0 Å². The minimum Gasteiger partial charge on any atom is -0.469 e. The fraction of sp³-hybridized carbons (Fsp3) is 0.320. The van der Waals surface area contributed by atoms with Gasteiger partial charge in [-0.3, -0.25) is 14.5 Å². The smallest absolute Gasteiger partial charge is 0.311 e. The topological polar surface area (TPSA) is 83.5 Å². The van der Waals surface area contributed by atoms with Gasteiger partial charge in [-0.15, -0.1) is 0 Å². The Bertz CT molecular complexity index is 1100. The molecule has 0 spiro atoms. The van der Waals surface area contributed by atoms with Crippen molar-refractivity contribution in [2.45, 2.75) is 13.0 Å². The number of nitrogens with one attached hydrogen (secondary N) is 1. The molecule has 2 aliphatic rings. The lowest BCUT2D eigenvalue weighted by Crippen LogP contribution is -2.40. The molecule has 178 valence electrons. The van der Waals surface area contributed by atoms with Crippen LogP contribution in [0.3, 0.4) is 0 Å². The lowest BCUT2D eigenvalue weighted by Gasteiger charge is -2.28. The normalized spacial score (nSPS) is 18.0. The fourth-order valence-corrected chi connectivity index (χ4v) is 4.09. The van der Waals surface area contributed by atoms with Crippen molar-refractivity contribution in [3.8, 4) is 0 Å². The molecule has 0 aliphatic carbocycles. The third-order valence-electron chi connectivity index (χ3n) is 5.67. The third kappa shape index (κ3) is 5.64. The highest BCUT2D eigenvalue weighted by molar-refractivity contribution is 6.37. The summed E-state index contributed by atoms with van der Waals surface area (Å²) in [4.78, 5) is 28.1. The van der Waals surface area contributed by atoms with Crippen LogP contribution in [0, 0.1) is 0 Å². The van der Waals surface area contributed by atoms with E-state index < -0.39 is 5.97 Å². The summed E-state index contributed by atoms with van der Waals surface area (Å²) in [6.07, 6.45) is -0.127. The average molecular weight is 483 g/mol. The number of hydrazone groups is 1. The molecule has 0 bridgehead atoms. The van der Waals surface area contributed by atoms with Gasteiger partial charge in [0.15, 0.2) is 0 Å². The molecule has 0 aromatic heterocycles. The van der Waals surface area contributed by atoms with Crippen molar-refractivity contribution in [2.75, 3.05) is 45.0 Å². The molecule has 0 atom stereocenters. The molecule has 0 unspecified atom stereocenters. The molecule has 34 heavy (non-hydrogen) atoms. The largest absolute Gasteiger partial charge is 0.469 e. The molecule has 2 heterocycles. The van der Waals surface area contributed by atoms with Gasteiger partial charge in [-0.2, -0.15) is 10.1 Å². The summed E-state index contributed by atoms with van der Waals surface area (Å²) in [5.74, 6) is -0.810. The van der Waals surface area contributed by atoms with Crippen LogP contribution >= 0.6 is 11.6 Å². The van der Waals surface area contributed by atoms with Crippen LogP contribution in [0.15, 0.2) is 71.0 Å². The van der Waals surface area contributed by atoms with E-state index in [9.17, 15) is 9.59 Å². The zero-order valence-electron chi connectivity index (χ0n) is 19.0. The summed E-state index contributed by atoms with van der Waals surface area (Å²) in [5, 5.41) is 9.62. The Labute approximate surface area is 203 Å². The number of amides is 1. The first-order valence-corrected chi connectivity index (χ1v) is 11.5. The number of ether oxygens (including phenoxy) is 2. The van der Waals surface area contributed by atoms with Crippen LogP contribution in [-0.4, -0.2) is 62.4 Å². The number of hydrogen-bond acceptors (Lipinski definition) is 7. The first-order valence-electron chi connectivity index (χ1n) is 11.1. The lowest BCUT2D eigenvalue weighted by molar-refractivity contribution is -0.139. The van der Waals surface area contributed by atoms with Crippen LogP contribution in [-0.2, 0) is 25.6 Å². The van der Waals surface area contributed by atoms with Gasteiger partial charge in [-0.05, 0) is 17.7 Å². The van der Waals surface area contributed by atoms with E-state index in [1.807, 2.05) is 30.3 Å². The zero-order chi connectivity index (χ0) is 23.9. The number of rotatable bonds is 8. The molecule has 8 nitrogen and oxygen atoms in total. The van der Waals surface area contributed by atoms with Gasteiger partial charge in [0.05, 0.1) is 48.7 Å². The molecule has 2 aromatic rings. The molecule has 1 fully saturated rings. The standard InChI is InChI=1S/C25H27ClN4O4/c1-33-23(31)15-20-24(25(32)30(28-20)22-10-6-5-9-19(22)26)21(17-29-11-13-34-14-12-29)27-16-18-7-3-2-4-8-18/h2-10,27H,11-17H2,1H3. The molecule has 1 N–H and O–H groups in total. The lowest BCUT2D eigenvalue weighted by atomic mass is 10.0. The zero-order valence-corrected chi connectivity index (χ0v) is 19.8. The Balaban J connectivity index is 1.73. The summed E-state index contributed by atoms with van der Waals surface area (Å²) < 4.78 is 10.4. The average Bonchev–Trinajstić information content (AvgIpc) is 3.18. The third-order valence-corrected chi connectivity index (χ3v) is 5.99. The van der Waals surface area contributed by atoms with Gasteiger partial charge in [0, 0.05) is 31.9 Å². The number of anilines is 1. The van der Waals surface area contributed by atoms with E-state index >= 15 is 0 Å². The van der Waals surface area contributed by atoms with Crippen molar-refractivity contribution in [1.29, 1.82) is 0 Å². The molecule has 9 heteroatoms. The number of carbonyl (C=O) groups is 2. The number of hydrogen-bond donors (Lipinski definition) is 1. The molecule has 1 saturated heterocycles. The Kier molecular flexibility index (Phi) is 7.95. The minimum absolute atomic E-state index is 0.127. The van der Waals surface area contributed by atoms with E-state index in [0.717, 1.165) is 18.7 Å². The summed E-state index contributed by atoms with van der Waals surface area (Å²) in [7, 11) is 1.32. The maximum atomic E-state index is 13.7. The van der Waals surface area contributed by atoms with Crippen LogP contribution in [0.2, 0.25) is 5.02 Å². The molecule has 4 rings (SSSR count). The number of esters is 1. The predicted octanol–water partition coefficient (Wildman–Crippen LogP) is 2.98. The van der Waals surface area contributed by atoms with Crippen LogP contribution in [0.5, 0.6) is 0 Å². The van der Waals surface area contributed by atoms with Crippen LogP contribution in [0.1, 0.15) is 12.0 Å². The quantitative estimate of drug-likeness (QED) is 0.460. The SMILES string of the molecule is COC(=O)CC1=NN(c2ccccc2Cl)C(=O)C1=C(CN1CCOCC1)NCc1ccccc1. The first-order chi connectivity index (χ1) is 16.6. The van der Waals surface area contributed by atoms with Gasteiger partial charge in [-0.1, -0.05) is 54.1 Å². The van der Waals surface area contributed by atoms with Crippen molar-refractivity contribution in [3.63, 3.8) is 0 Å². The molecular formula is C25H27ClN4O4.